The fourth-order valence-electron chi connectivity index (χ4n) is 1.86. The highest BCUT2D eigenvalue weighted by molar-refractivity contribution is 7.10. The van der Waals surface area contributed by atoms with Gasteiger partial charge in [-0.25, -0.2) is 0 Å². The van der Waals surface area contributed by atoms with E-state index in [-0.39, 0.29) is 17.5 Å². The molecular formula is C14H17N3O2S. The molecular weight excluding hydrogens is 274 g/mol. The molecule has 20 heavy (non-hydrogen) atoms. The van der Waals surface area contributed by atoms with Crippen LogP contribution in [0, 0.1) is 0 Å². The summed E-state index contributed by atoms with van der Waals surface area (Å²) in [6.07, 6.45) is 1.42. The first-order valence-corrected chi connectivity index (χ1v) is 7.12. The molecule has 1 amide bonds. The van der Waals surface area contributed by atoms with Crippen molar-refractivity contribution >= 4 is 17.2 Å². The van der Waals surface area contributed by atoms with Crippen molar-refractivity contribution in [3.8, 4) is 0 Å². The van der Waals surface area contributed by atoms with Gasteiger partial charge in [-0.15, -0.1) is 11.3 Å². The maximum atomic E-state index is 12.0. The molecule has 0 aliphatic heterocycles. The van der Waals surface area contributed by atoms with Crippen LogP contribution in [0.25, 0.3) is 0 Å². The zero-order chi connectivity index (χ0) is 14.5. The van der Waals surface area contributed by atoms with Crippen molar-refractivity contribution in [2.75, 3.05) is 20.6 Å². The third-order valence-electron chi connectivity index (χ3n) is 3.00. The third kappa shape index (κ3) is 3.55. The molecule has 0 radical (unpaired) electrons. The van der Waals surface area contributed by atoms with Gasteiger partial charge in [-0.05, 0) is 31.6 Å². The number of carbonyl (C=O) groups is 1. The van der Waals surface area contributed by atoms with Crippen LogP contribution in [0.3, 0.4) is 0 Å². The quantitative estimate of drug-likeness (QED) is 0.877. The molecule has 1 atom stereocenters. The number of H-pyrrole nitrogens is 1. The summed E-state index contributed by atoms with van der Waals surface area (Å²) in [6.45, 7) is 0.519. The number of carbonyl (C=O) groups excluding carboxylic acids is 1. The molecule has 106 valence electrons. The first-order valence-electron chi connectivity index (χ1n) is 6.24. The molecule has 6 heteroatoms. The van der Waals surface area contributed by atoms with Crippen LogP contribution < -0.4 is 10.9 Å². The van der Waals surface area contributed by atoms with E-state index in [1.807, 2.05) is 25.5 Å². The zero-order valence-electron chi connectivity index (χ0n) is 11.4. The maximum Gasteiger partial charge on any atom is 0.252 e. The molecule has 2 aromatic heterocycles. The van der Waals surface area contributed by atoms with Gasteiger partial charge in [0.1, 0.15) is 0 Å². The van der Waals surface area contributed by atoms with E-state index in [0.29, 0.717) is 12.1 Å². The van der Waals surface area contributed by atoms with Gasteiger partial charge in [-0.2, -0.15) is 0 Å². The normalized spacial score (nSPS) is 12.3. The van der Waals surface area contributed by atoms with Crippen molar-refractivity contribution < 1.29 is 4.79 Å². The lowest BCUT2D eigenvalue weighted by molar-refractivity contribution is 0.0942. The predicted octanol–water partition coefficient (Wildman–Crippen LogP) is 1.47. The third-order valence-corrected chi connectivity index (χ3v) is 3.97. The lowest BCUT2D eigenvalue weighted by Gasteiger charge is -2.23. The van der Waals surface area contributed by atoms with Crippen molar-refractivity contribution in [3.05, 3.63) is 56.6 Å². The standard InChI is InChI=1S/C14H17N3O2S/c1-17(2)11(12-4-3-7-20-12)9-16-14(19)10-5-6-13(18)15-8-10/h3-8,11H,9H2,1-2H3,(H,15,18)(H,16,19)/t11-/m1/s1. The van der Waals surface area contributed by atoms with Crippen LogP contribution in [0.4, 0.5) is 0 Å². The number of pyridine rings is 1. The van der Waals surface area contributed by atoms with Crippen molar-refractivity contribution in [2.45, 2.75) is 6.04 Å². The molecule has 0 aliphatic rings. The Morgan fingerprint density at radius 1 is 1.40 bits per heavy atom. The Kier molecular flexibility index (Phi) is 4.70. The summed E-state index contributed by atoms with van der Waals surface area (Å²) in [6, 6.07) is 7.06. The van der Waals surface area contributed by atoms with Gasteiger partial charge in [0.05, 0.1) is 11.6 Å². The van der Waals surface area contributed by atoms with Gasteiger partial charge in [0, 0.05) is 23.7 Å². The molecule has 0 saturated carbocycles. The second kappa shape index (κ2) is 6.49. The summed E-state index contributed by atoms with van der Waals surface area (Å²) in [5.74, 6) is -0.190. The Morgan fingerprint density at radius 2 is 2.20 bits per heavy atom. The Morgan fingerprint density at radius 3 is 2.75 bits per heavy atom. The summed E-state index contributed by atoms with van der Waals surface area (Å²) >= 11 is 1.67. The van der Waals surface area contributed by atoms with Crippen molar-refractivity contribution in [3.63, 3.8) is 0 Å². The van der Waals surface area contributed by atoms with Crippen LogP contribution in [-0.2, 0) is 0 Å². The van der Waals surface area contributed by atoms with Gasteiger partial charge in [-0.1, -0.05) is 6.07 Å². The molecule has 2 N–H and O–H groups in total. The van der Waals surface area contributed by atoms with E-state index in [0.717, 1.165) is 0 Å². The number of likely N-dealkylation sites (N-methyl/N-ethyl adjacent to an activating group) is 1. The SMILES string of the molecule is CN(C)[C@H](CNC(=O)c1ccc(=O)[nH]c1)c1cccs1. The van der Waals surface area contributed by atoms with Gasteiger partial charge in [0.15, 0.2) is 0 Å². The average Bonchev–Trinajstić information content (AvgIpc) is 2.93. The molecule has 0 saturated heterocycles. The first kappa shape index (κ1) is 14.5. The molecule has 2 aromatic rings. The van der Waals surface area contributed by atoms with Crippen LogP contribution in [0.1, 0.15) is 21.3 Å². The van der Waals surface area contributed by atoms with Crippen LogP contribution >= 0.6 is 11.3 Å². The van der Waals surface area contributed by atoms with E-state index in [1.165, 1.54) is 23.2 Å². The van der Waals surface area contributed by atoms with Crippen molar-refractivity contribution in [2.24, 2.45) is 0 Å². The molecule has 0 unspecified atom stereocenters. The molecule has 0 bridgehead atoms. The molecule has 0 fully saturated rings. The van der Waals surface area contributed by atoms with Crippen LogP contribution in [0.15, 0.2) is 40.6 Å². The number of amides is 1. The first-order chi connectivity index (χ1) is 9.58. The number of nitrogens with one attached hydrogen (secondary N) is 2. The highest BCUT2D eigenvalue weighted by Gasteiger charge is 2.16. The van der Waals surface area contributed by atoms with Crippen molar-refractivity contribution in [1.82, 2.24) is 15.2 Å². The lowest BCUT2D eigenvalue weighted by atomic mass is 10.2. The second-order valence-corrected chi connectivity index (χ2v) is 5.63. The maximum absolute atomic E-state index is 12.0. The molecule has 0 aromatic carbocycles. The number of thiophene rings is 1. The van der Waals surface area contributed by atoms with E-state index in [2.05, 4.69) is 21.3 Å². The number of aromatic nitrogens is 1. The van der Waals surface area contributed by atoms with Gasteiger partial charge in [0.2, 0.25) is 5.56 Å². The van der Waals surface area contributed by atoms with Gasteiger partial charge >= 0.3 is 0 Å². The Balaban J connectivity index is 2.01. The molecule has 2 rings (SSSR count). The van der Waals surface area contributed by atoms with Gasteiger partial charge in [0.25, 0.3) is 5.91 Å². The molecule has 0 spiro atoms. The second-order valence-electron chi connectivity index (χ2n) is 4.65. The summed E-state index contributed by atoms with van der Waals surface area (Å²) in [5.41, 5.74) is 0.236. The van der Waals surface area contributed by atoms with E-state index < -0.39 is 0 Å². The zero-order valence-corrected chi connectivity index (χ0v) is 12.2. The average molecular weight is 291 g/mol. The number of nitrogens with zero attached hydrogens (tertiary/aromatic N) is 1. The van der Waals surface area contributed by atoms with E-state index >= 15 is 0 Å². The number of hydrogen-bond donors (Lipinski definition) is 2. The summed E-state index contributed by atoms with van der Waals surface area (Å²) < 4.78 is 0. The Labute approximate surface area is 121 Å². The van der Waals surface area contributed by atoms with Crippen LogP contribution in [0.5, 0.6) is 0 Å². The minimum absolute atomic E-state index is 0.140. The summed E-state index contributed by atoms with van der Waals surface area (Å²) in [7, 11) is 3.97. The Bertz CT molecular complexity index is 599. The molecule has 2 heterocycles. The Hall–Kier alpha value is -1.92. The fourth-order valence-corrected chi connectivity index (χ4v) is 2.78. The fraction of sp³-hybridized carbons (Fsp3) is 0.286. The predicted molar refractivity (Wildman–Crippen MR) is 80.1 cm³/mol. The smallest absolute Gasteiger partial charge is 0.252 e. The van der Waals surface area contributed by atoms with E-state index in [9.17, 15) is 9.59 Å². The molecule has 5 nitrogen and oxygen atoms in total. The topological polar surface area (TPSA) is 65.2 Å². The van der Waals surface area contributed by atoms with E-state index in [4.69, 9.17) is 0 Å². The lowest BCUT2D eigenvalue weighted by Crippen LogP contribution is -2.34. The number of rotatable bonds is 5. The van der Waals surface area contributed by atoms with Crippen LogP contribution in [-0.4, -0.2) is 36.4 Å². The number of aromatic amines is 1. The van der Waals surface area contributed by atoms with Crippen molar-refractivity contribution in [1.29, 1.82) is 0 Å². The largest absolute Gasteiger partial charge is 0.350 e. The van der Waals surface area contributed by atoms with E-state index in [1.54, 1.807) is 11.3 Å². The van der Waals surface area contributed by atoms with Crippen LogP contribution in [0.2, 0.25) is 0 Å². The monoisotopic (exact) mass is 291 g/mol. The highest BCUT2D eigenvalue weighted by atomic mass is 32.1. The minimum Gasteiger partial charge on any atom is -0.350 e. The summed E-state index contributed by atoms with van der Waals surface area (Å²) in [5, 5.41) is 4.92. The minimum atomic E-state index is -0.216. The van der Waals surface area contributed by atoms with Gasteiger partial charge in [-0.3, -0.25) is 9.59 Å². The molecule has 0 aliphatic carbocycles. The van der Waals surface area contributed by atoms with Gasteiger partial charge < -0.3 is 15.2 Å². The highest BCUT2D eigenvalue weighted by Crippen LogP contribution is 2.22. The number of hydrogen-bond acceptors (Lipinski definition) is 4. The summed E-state index contributed by atoms with van der Waals surface area (Å²) in [4.78, 5) is 28.7.